The molecule has 32 heavy (non-hydrogen) atoms. The third-order valence-corrected chi connectivity index (χ3v) is 7.36. The fourth-order valence-electron chi connectivity index (χ4n) is 3.65. The van der Waals surface area contributed by atoms with E-state index >= 15 is 0 Å². The summed E-state index contributed by atoms with van der Waals surface area (Å²) in [5.74, 6) is 0.853. The number of nitrogens with zero attached hydrogens (tertiary/aromatic N) is 2. The predicted molar refractivity (Wildman–Crippen MR) is 137 cm³/mol. The molecule has 176 valence electrons. The summed E-state index contributed by atoms with van der Waals surface area (Å²) in [6.45, 7) is 4.97. The van der Waals surface area contributed by atoms with Crippen LogP contribution >= 0.6 is 24.0 Å². The highest BCUT2D eigenvalue weighted by Crippen LogP contribution is 2.23. The number of piperidine rings is 1. The topological polar surface area (TPSA) is 73.8 Å². The molecule has 6 nitrogen and oxygen atoms in total. The molecule has 1 saturated heterocycles. The van der Waals surface area contributed by atoms with Crippen LogP contribution in [-0.4, -0.2) is 51.4 Å². The zero-order chi connectivity index (χ0) is 22.1. The molecular weight excluding hydrogens is 542 g/mol. The summed E-state index contributed by atoms with van der Waals surface area (Å²) in [5, 5.41) is 6.47. The van der Waals surface area contributed by atoms with Crippen LogP contribution < -0.4 is 10.6 Å². The van der Waals surface area contributed by atoms with Crippen LogP contribution in [0.5, 0.6) is 0 Å². The molecule has 0 aromatic heterocycles. The Morgan fingerprint density at radius 3 is 2.38 bits per heavy atom. The van der Waals surface area contributed by atoms with E-state index in [0.29, 0.717) is 54.9 Å². The molecule has 0 aliphatic carbocycles. The van der Waals surface area contributed by atoms with Crippen molar-refractivity contribution < 1.29 is 12.8 Å². The Bertz CT molecular complexity index is 965. The monoisotopic (exact) mass is 574 g/mol. The number of sulfonamides is 1. The van der Waals surface area contributed by atoms with Crippen molar-refractivity contribution >= 4 is 40.0 Å². The zero-order valence-corrected chi connectivity index (χ0v) is 21.5. The fourth-order valence-corrected chi connectivity index (χ4v) is 5.14. The van der Waals surface area contributed by atoms with Crippen LogP contribution in [0, 0.1) is 11.7 Å². The Labute approximate surface area is 207 Å². The summed E-state index contributed by atoms with van der Waals surface area (Å²) in [5.41, 5.74) is 0.679. The summed E-state index contributed by atoms with van der Waals surface area (Å²) in [7, 11) is -3.43. The van der Waals surface area contributed by atoms with E-state index in [2.05, 4.69) is 15.6 Å². The maximum Gasteiger partial charge on any atom is 0.243 e. The molecule has 0 amide bonds. The Morgan fingerprint density at radius 1 is 1.06 bits per heavy atom. The quantitative estimate of drug-likeness (QED) is 0.287. The van der Waals surface area contributed by atoms with Crippen LogP contribution in [0.2, 0.25) is 0 Å². The Morgan fingerprint density at radius 2 is 1.72 bits per heavy atom. The van der Waals surface area contributed by atoms with Gasteiger partial charge in [0.15, 0.2) is 5.96 Å². The van der Waals surface area contributed by atoms with E-state index in [1.54, 1.807) is 40.7 Å². The van der Waals surface area contributed by atoms with Crippen molar-refractivity contribution in [2.45, 2.75) is 31.1 Å². The number of nitrogens with one attached hydrogen (secondary N) is 2. The molecule has 1 heterocycles. The molecular formula is C23H32FIN4O2S. The van der Waals surface area contributed by atoms with Gasteiger partial charge in [-0.3, -0.25) is 4.99 Å². The van der Waals surface area contributed by atoms with Crippen LogP contribution in [0.3, 0.4) is 0 Å². The number of aliphatic imine (C=N–C) groups is 1. The third-order valence-electron chi connectivity index (χ3n) is 5.45. The highest BCUT2D eigenvalue weighted by atomic mass is 127. The Balaban J connectivity index is 0.00000363. The van der Waals surface area contributed by atoms with Gasteiger partial charge in [0.1, 0.15) is 5.82 Å². The molecule has 9 heteroatoms. The van der Waals surface area contributed by atoms with Crippen LogP contribution in [0.15, 0.2) is 64.5 Å². The first kappa shape index (κ1) is 26.5. The van der Waals surface area contributed by atoms with Crippen LogP contribution in [-0.2, 0) is 16.4 Å². The first-order chi connectivity index (χ1) is 15.0. The molecule has 3 rings (SSSR count). The zero-order valence-electron chi connectivity index (χ0n) is 18.3. The molecule has 1 aliphatic rings. The molecule has 0 spiro atoms. The number of rotatable bonds is 8. The lowest BCUT2D eigenvalue weighted by Gasteiger charge is -2.30. The van der Waals surface area contributed by atoms with Gasteiger partial charge in [-0.15, -0.1) is 24.0 Å². The molecule has 0 unspecified atom stereocenters. The summed E-state index contributed by atoms with van der Waals surface area (Å²) in [6.07, 6.45) is 2.14. The van der Waals surface area contributed by atoms with E-state index in [1.807, 2.05) is 19.1 Å². The highest BCUT2D eigenvalue weighted by Gasteiger charge is 2.29. The van der Waals surface area contributed by atoms with Crippen molar-refractivity contribution in [3.05, 3.63) is 66.0 Å². The lowest BCUT2D eigenvalue weighted by atomic mass is 9.98. The maximum atomic E-state index is 13.8. The van der Waals surface area contributed by atoms with Crippen molar-refractivity contribution in [1.29, 1.82) is 0 Å². The number of benzene rings is 2. The van der Waals surface area contributed by atoms with Gasteiger partial charge < -0.3 is 10.6 Å². The van der Waals surface area contributed by atoms with Gasteiger partial charge in [0.25, 0.3) is 0 Å². The van der Waals surface area contributed by atoms with E-state index in [9.17, 15) is 12.8 Å². The maximum absolute atomic E-state index is 13.8. The molecule has 0 saturated carbocycles. The van der Waals surface area contributed by atoms with Crippen LogP contribution in [0.4, 0.5) is 4.39 Å². The van der Waals surface area contributed by atoms with Crippen molar-refractivity contribution in [1.82, 2.24) is 14.9 Å². The molecule has 0 bridgehead atoms. The minimum absolute atomic E-state index is 0. The van der Waals surface area contributed by atoms with Crippen molar-refractivity contribution in [3.8, 4) is 0 Å². The summed E-state index contributed by atoms with van der Waals surface area (Å²) in [4.78, 5) is 5.02. The van der Waals surface area contributed by atoms with Gasteiger partial charge in [0.05, 0.1) is 4.90 Å². The molecule has 1 fully saturated rings. The minimum atomic E-state index is -3.43. The first-order valence-electron chi connectivity index (χ1n) is 10.8. The minimum Gasteiger partial charge on any atom is -0.357 e. The summed E-state index contributed by atoms with van der Waals surface area (Å²) in [6, 6.07) is 15.4. The summed E-state index contributed by atoms with van der Waals surface area (Å²) >= 11 is 0. The smallest absolute Gasteiger partial charge is 0.243 e. The van der Waals surface area contributed by atoms with E-state index in [4.69, 9.17) is 0 Å². The molecule has 0 atom stereocenters. The van der Waals surface area contributed by atoms with Crippen molar-refractivity contribution in [3.63, 3.8) is 0 Å². The molecule has 2 aromatic rings. The molecule has 2 N–H and O–H groups in total. The Kier molecular flexibility index (Phi) is 10.9. The second-order valence-corrected chi connectivity index (χ2v) is 9.59. The normalized spacial score (nSPS) is 15.8. The number of halogens is 2. The average molecular weight is 575 g/mol. The van der Waals surface area contributed by atoms with Gasteiger partial charge in [0, 0.05) is 32.7 Å². The second kappa shape index (κ2) is 13.1. The van der Waals surface area contributed by atoms with Crippen LogP contribution in [0.25, 0.3) is 0 Å². The van der Waals surface area contributed by atoms with E-state index in [0.717, 1.165) is 19.4 Å². The molecule has 0 radical (unpaired) electrons. The van der Waals surface area contributed by atoms with Gasteiger partial charge in [-0.25, -0.2) is 12.8 Å². The molecule has 2 aromatic carbocycles. The largest absolute Gasteiger partial charge is 0.357 e. The van der Waals surface area contributed by atoms with Gasteiger partial charge in [-0.05, 0) is 55.9 Å². The van der Waals surface area contributed by atoms with Gasteiger partial charge >= 0.3 is 0 Å². The second-order valence-electron chi connectivity index (χ2n) is 7.65. The van der Waals surface area contributed by atoms with E-state index in [1.165, 1.54) is 6.07 Å². The highest BCUT2D eigenvalue weighted by molar-refractivity contribution is 14.0. The predicted octanol–water partition coefficient (Wildman–Crippen LogP) is 3.64. The lowest BCUT2D eigenvalue weighted by molar-refractivity contribution is 0.278. The number of guanidine groups is 1. The summed E-state index contributed by atoms with van der Waals surface area (Å²) < 4.78 is 40.8. The third kappa shape index (κ3) is 7.41. The SMILES string of the molecule is CCNC(=NCC1CCN(S(=O)(=O)c2ccccc2)CC1)NCCc1ccccc1F.I. The van der Waals surface area contributed by atoms with E-state index < -0.39 is 10.0 Å². The standard InChI is InChI=1S/C23H31FN4O2S.HI/c1-2-25-23(26-15-12-20-8-6-7-11-22(20)24)27-18-19-13-16-28(17-14-19)31(29,30)21-9-4-3-5-10-21;/h3-11,19H,2,12-18H2,1H3,(H2,25,26,27);1H. The van der Waals surface area contributed by atoms with Gasteiger partial charge in [0.2, 0.25) is 10.0 Å². The van der Waals surface area contributed by atoms with E-state index in [-0.39, 0.29) is 29.8 Å². The lowest BCUT2D eigenvalue weighted by Crippen LogP contribution is -2.40. The van der Waals surface area contributed by atoms with Gasteiger partial charge in [-0.2, -0.15) is 4.31 Å². The first-order valence-corrected chi connectivity index (χ1v) is 12.3. The van der Waals surface area contributed by atoms with Crippen LogP contribution in [0.1, 0.15) is 25.3 Å². The average Bonchev–Trinajstić information content (AvgIpc) is 2.79. The van der Waals surface area contributed by atoms with Gasteiger partial charge in [-0.1, -0.05) is 36.4 Å². The van der Waals surface area contributed by atoms with Crippen molar-refractivity contribution in [2.24, 2.45) is 10.9 Å². The number of hydrogen-bond donors (Lipinski definition) is 2. The fraction of sp³-hybridized carbons (Fsp3) is 0.435. The van der Waals surface area contributed by atoms with Crippen molar-refractivity contribution in [2.75, 3.05) is 32.7 Å². The Hall–Kier alpha value is -1.72. The number of hydrogen-bond acceptors (Lipinski definition) is 3. The molecule has 1 aliphatic heterocycles.